The number of carbonyl (C=O) groups is 2. The number of methoxy groups -OCH3 is 1. The SMILES string of the molecule is COc1cccc(NC(=O)[C@H](OC(=O)CSc2ccccc2)c2ccccc2)c1. The lowest BCUT2D eigenvalue weighted by molar-refractivity contribution is -0.152. The molecule has 0 aromatic heterocycles. The minimum atomic E-state index is -1.05. The topological polar surface area (TPSA) is 64.6 Å². The van der Waals surface area contributed by atoms with Crippen LogP contribution in [0.2, 0.25) is 0 Å². The predicted octanol–water partition coefficient (Wildman–Crippen LogP) is 4.71. The summed E-state index contributed by atoms with van der Waals surface area (Å²) < 4.78 is 10.7. The third-order valence-electron chi connectivity index (χ3n) is 4.03. The third-order valence-corrected chi connectivity index (χ3v) is 5.01. The quantitative estimate of drug-likeness (QED) is 0.433. The third kappa shape index (κ3) is 6.12. The monoisotopic (exact) mass is 407 g/mol. The van der Waals surface area contributed by atoms with Crippen molar-refractivity contribution >= 4 is 29.3 Å². The van der Waals surface area contributed by atoms with Gasteiger partial charge < -0.3 is 14.8 Å². The van der Waals surface area contributed by atoms with Crippen molar-refractivity contribution < 1.29 is 19.1 Å². The molecule has 5 nitrogen and oxygen atoms in total. The van der Waals surface area contributed by atoms with Gasteiger partial charge >= 0.3 is 5.97 Å². The van der Waals surface area contributed by atoms with Gasteiger partial charge in [0.25, 0.3) is 5.91 Å². The number of hydrogen-bond donors (Lipinski definition) is 1. The Morgan fingerprint density at radius 3 is 2.31 bits per heavy atom. The Morgan fingerprint density at radius 2 is 1.62 bits per heavy atom. The lowest BCUT2D eigenvalue weighted by atomic mass is 10.1. The van der Waals surface area contributed by atoms with Crippen LogP contribution < -0.4 is 10.1 Å². The smallest absolute Gasteiger partial charge is 0.317 e. The van der Waals surface area contributed by atoms with Crippen LogP contribution in [0.15, 0.2) is 89.8 Å². The lowest BCUT2D eigenvalue weighted by Crippen LogP contribution is -2.26. The van der Waals surface area contributed by atoms with E-state index in [1.54, 1.807) is 55.6 Å². The summed E-state index contributed by atoms with van der Waals surface area (Å²) in [5, 5.41) is 2.79. The molecule has 3 aromatic rings. The highest BCUT2D eigenvalue weighted by molar-refractivity contribution is 8.00. The van der Waals surface area contributed by atoms with Gasteiger partial charge in [0, 0.05) is 22.2 Å². The van der Waals surface area contributed by atoms with E-state index in [1.807, 2.05) is 36.4 Å². The van der Waals surface area contributed by atoms with Crippen LogP contribution in [-0.2, 0) is 14.3 Å². The summed E-state index contributed by atoms with van der Waals surface area (Å²) in [5.74, 6) is -0.161. The number of nitrogens with one attached hydrogen (secondary N) is 1. The predicted molar refractivity (Wildman–Crippen MR) is 114 cm³/mol. The number of esters is 1. The Hall–Kier alpha value is -3.25. The number of thioether (sulfide) groups is 1. The highest BCUT2D eigenvalue weighted by Gasteiger charge is 2.25. The van der Waals surface area contributed by atoms with Gasteiger partial charge in [0.05, 0.1) is 12.9 Å². The average molecular weight is 407 g/mol. The fraction of sp³-hybridized carbons (Fsp3) is 0.130. The molecule has 0 aliphatic rings. The van der Waals surface area contributed by atoms with E-state index in [2.05, 4.69) is 5.32 Å². The molecule has 0 saturated carbocycles. The maximum Gasteiger partial charge on any atom is 0.317 e. The molecule has 3 aromatic carbocycles. The molecule has 0 aliphatic heterocycles. The molecule has 0 bridgehead atoms. The molecule has 0 heterocycles. The molecule has 1 atom stereocenters. The lowest BCUT2D eigenvalue weighted by Gasteiger charge is -2.18. The number of ether oxygens (including phenoxy) is 2. The maximum atomic E-state index is 12.9. The fourth-order valence-electron chi connectivity index (χ4n) is 2.63. The summed E-state index contributed by atoms with van der Waals surface area (Å²) in [7, 11) is 1.56. The largest absolute Gasteiger partial charge is 0.497 e. The van der Waals surface area contributed by atoms with Crippen molar-refractivity contribution in [3.63, 3.8) is 0 Å². The molecule has 148 valence electrons. The Kier molecular flexibility index (Phi) is 7.30. The zero-order chi connectivity index (χ0) is 20.5. The zero-order valence-electron chi connectivity index (χ0n) is 15.9. The summed E-state index contributed by atoms with van der Waals surface area (Å²) in [4.78, 5) is 26.3. The minimum Gasteiger partial charge on any atom is -0.497 e. The molecule has 6 heteroatoms. The number of amides is 1. The van der Waals surface area contributed by atoms with E-state index in [0.29, 0.717) is 17.0 Å². The molecule has 0 fully saturated rings. The van der Waals surface area contributed by atoms with Gasteiger partial charge in [-0.1, -0.05) is 54.6 Å². The standard InChI is InChI=1S/C23H21NO4S/c1-27-19-12-8-11-18(15-19)24-23(26)22(17-9-4-2-5-10-17)28-21(25)16-29-20-13-6-3-7-14-20/h2-15,22H,16H2,1H3,(H,24,26)/t22-/m1/s1. The molecule has 1 amide bonds. The fourth-order valence-corrected chi connectivity index (χ4v) is 3.34. The Balaban J connectivity index is 1.70. The summed E-state index contributed by atoms with van der Waals surface area (Å²) >= 11 is 1.36. The van der Waals surface area contributed by atoms with Gasteiger partial charge in [-0.05, 0) is 24.3 Å². The van der Waals surface area contributed by atoms with Crippen LogP contribution in [0.1, 0.15) is 11.7 Å². The number of anilines is 1. The Labute approximate surface area is 174 Å². The van der Waals surface area contributed by atoms with Crippen molar-refractivity contribution in [2.24, 2.45) is 0 Å². The molecule has 1 N–H and O–H groups in total. The number of hydrogen-bond acceptors (Lipinski definition) is 5. The first-order valence-electron chi connectivity index (χ1n) is 9.03. The number of carbonyl (C=O) groups excluding carboxylic acids is 2. The van der Waals surface area contributed by atoms with Crippen molar-refractivity contribution in [2.75, 3.05) is 18.2 Å². The van der Waals surface area contributed by atoms with Crippen molar-refractivity contribution in [3.8, 4) is 5.75 Å². The second-order valence-electron chi connectivity index (χ2n) is 6.10. The van der Waals surface area contributed by atoms with Crippen molar-refractivity contribution in [1.29, 1.82) is 0 Å². The van der Waals surface area contributed by atoms with E-state index < -0.39 is 18.0 Å². The van der Waals surface area contributed by atoms with Gasteiger partial charge in [-0.3, -0.25) is 9.59 Å². The summed E-state index contributed by atoms with van der Waals surface area (Å²) in [6.07, 6.45) is -1.05. The first-order chi connectivity index (χ1) is 14.2. The molecule has 0 unspecified atom stereocenters. The first-order valence-corrected chi connectivity index (χ1v) is 10.0. The van der Waals surface area contributed by atoms with Crippen LogP contribution in [-0.4, -0.2) is 24.7 Å². The van der Waals surface area contributed by atoms with Crippen molar-refractivity contribution in [1.82, 2.24) is 0 Å². The normalized spacial score (nSPS) is 11.3. The van der Waals surface area contributed by atoms with Gasteiger partial charge in [-0.15, -0.1) is 11.8 Å². The van der Waals surface area contributed by atoms with Gasteiger partial charge in [0.1, 0.15) is 5.75 Å². The zero-order valence-corrected chi connectivity index (χ0v) is 16.7. The van der Waals surface area contributed by atoms with E-state index in [0.717, 1.165) is 4.90 Å². The molecule has 0 spiro atoms. The van der Waals surface area contributed by atoms with Gasteiger partial charge in [-0.25, -0.2) is 0 Å². The van der Waals surface area contributed by atoms with E-state index in [1.165, 1.54) is 11.8 Å². The van der Waals surface area contributed by atoms with Gasteiger partial charge in [0.15, 0.2) is 0 Å². The van der Waals surface area contributed by atoms with Crippen LogP contribution in [0.25, 0.3) is 0 Å². The van der Waals surface area contributed by atoms with Crippen LogP contribution in [0.5, 0.6) is 5.75 Å². The van der Waals surface area contributed by atoms with Gasteiger partial charge in [0.2, 0.25) is 6.10 Å². The van der Waals surface area contributed by atoms with Crippen LogP contribution in [0, 0.1) is 0 Å². The molecular formula is C23H21NO4S. The summed E-state index contributed by atoms with van der Waals surface area (Å²) in [5.41, 5.74) is 1.16. The summed E-state index contributed by atoms with van der Waals surface area (Å²) in [6.45, 7) is 0. The van der Waals surface area contributed by atoms with Crippen LogP contribution >= 0.6 is 11.8 Å². The van der Waals surface area contributed by atoms with Crippen molar-refractivity contribution in [2.45, 2.75) is 11.0 Å². The van der Waals surface area contributed by atoms with E-state index in [4.69, 9.17) is 9.47 Å². The molecule has 0 radical (unpaired) electrons. The van der Waals surface area contributed by atoms with Crippen LogP contribution in [0.3, 0.4) is 0 Å². The Morgan fingerprint density at radius 1 is 0.931 bits per heavy atom. The maximum absolute atomic E-state index is 12.9. The molecule has 0 saturated heterocycles. The highest BCUT2D eigenvalue weighted by atomic mass is 32.2. The second-order valence-corrected chi connectivity index (χ2v) is 7.15. The van der Waals surface area contributed by atoms with E-state index in [-0.39, 0.29) is 5.75 Å². The molecule has 29 heavy (non-hydrogen) atoms. The summed E-state index contributed by atoms with van der Waals surface area (Å²) in [6, 6.07) is 25.5. The first kappa shape index (κ1) is 20.5. The average Bonchev–Trinajstić information content (AvgIpc) is 2.77. The second kappa shape index (κ2) is 10.3. The van der Waals surface area contributed by atoms with Crippen LogP contribution in [0.4, 0.5) is 5.69 Å². The minimum absolute atomic E-state index is 0.111. The van der Waals surface area contributed by atoms with Crippen molar-refractivity contribution in [3.05, 3.63) is 90.5 Å². The molecule has 0 aliphatic carbocycles. The highest BCUT2D eigenvalue weighted by Crippen LogP contribution is 2.24. The van der Waals surface area contributed by atoms with E-state index >= 15 is 0 Å². The Bertz CT molecular complexity index is 947. The molecule has 3 rings (SSSR count). The van der Waals surface area contributed by atoms with E-state index in [9.17, 15) is 9.59 Å². The van der Waals surface area contributed by atoms with Gasteiger partial charge in [-0.2, -0.15) is 0 Å². The molecular weight excluding hydrogens is 386 g/mol. The number of rotatable bonds is 8. The number of benzene rings is 3.